The summed E-state index contributed by atoms with van der Waals surface area (Å²) in [4.78, 5) is 16.9. The maximum absolute atomic E-state index is 12.2. The van der Waals surface area contributed by atoms with Crippen molar-refractivity contribution in [1.82, 2.24) is 19.9 Å². The van der Waals surface area contributed by atoms with Gasteiger partial charge in [-0.05, 0) is 47.0 Å². The second-order valence-electron chi connectivity index (χ2n) is 7.45. The number of fused-ring (bicyclic) bond motifs is 1. The number of methoxy groups -OCH3 is 1. The minimum Gasteiger partial charge on any atom is -0.495 e. The molecule has 10 heteroatoms. The molecule has 2 aromatic carbocycles. The van der Waals surface area contributed by atoms with E-state index in [1.54, 1.807) is 30.0 Å². The lowest BCUT2D eigenvalue weighted by molar-refractivity contribution is 0.252. The van der Waals surface area contributed by atoms with Crippen molar-refractivity contribution in [2.75, 3.05) is 30.8 Å². The molecule has 0 aliphatic heterocycles. The third kappa shape index (κ3) is 5.60. The summed E-state index contributed by atoms with van der Waals surface area (Å²) in [5, 5.41) is 14.1. The number of para-hydroxylation sites is 2. The minimum atomic E-state index is -0.265. The molecule has 2 heterocycles. The second-order valence-corrected chi connectivity index (χ2v) is 8.71. The van der Waals surface area contributed by atoms with Crippen molar-refractivity contribution in [3.63, 3.8) is 0 Å². The van der Waals surface area contributed by atoms with Crippen LogP contribution in [0.25, 0.3) is 16.9 Å². The van der Waals surface area contributed by atoms with Gasteiger partial charge < -0.3 is 20.7 Å². The van der Waals surface area contributed by atoms with Crippen molar-refractivity contribution in [2.24, 2.45) is 0 Å². The zero-order valence-corrected chi connectivity index (χ0v) is 20.9. The number of nitrogens with zero attached hydrogens (tertiary/aromatic N) is 3. The van der Waals surface area contributed by atoms with Crippen LogP contribution < -0.4 is 20.7 Å². The number of benzene rings is 2. The van der Waals surface area contributed by atoms with Gasteiger partial charge in [-0.3, -0.25) is 0 Å². The Labute approximate surface area is 210 Å². The molecule has 0 saturated heterocycles. The highest BCUT2D eigenvalue weighted by Crippen LogP contribution is 2.30. The highest BCUT2D eigenvalue weighted by atomic mass is 79.9. The molecule has 0 fully saturated rings. The Morgan fingerprint density at radius 1 is 1.12 bits per heavy atom. The lowest BCUT2D eigenvalue weighted by atomic mass is 10.1. The predicted octanol–water partition coefficient (Wildman–Crippen LogP) is 5.83. The molecule has 8 nitrogen and oxygen atoms in total. The summed E-state index contributed by atoms with van der Waals surface area (Å²) in [5.41, 5.74) is 2.95. The topological polar surface area (TPSA) is 92.6 Å². The normalized spacial score (nSPS) is 10.8. The Hall–Kier alpha value is -3.30. The van der Waals surface area contributed by atoms with Crippen LogP contribution in [0, 0.1) is 0 Å². The summed E-state index contributed by atoms with van der Waals surface area (Å²) < 4.78 is 7.80. The van der Waals surface area contributed by atoms with Gasteiger partial charge in [0.2, 0.25) is 0 Å². The van der Waals surface area contributed by atoms with E-state index >= 15 is 0 Å². The van der Waals surface area contributed by atoms with Crippen LogP contribution in [0.15, 0.2) is 65.3 Å². The maximum atomic E-state index is 12.2. The molecule has 0 bridgehead atoms. The molecule has 0 spiro atoms. The van der Waals surface area contributed by atoms with Crippen LogP contribution in [0.3, 0.4) is 0 Å². The van der Waals surface area contributed by atoms with Crippen LogP contribution >= 0.6 is 27.5 Å². The Morgan fingerprint density at radius 3 is 2.71 bits per heavy atom. The number of urea groups is 1. The standard InChI is InChI=1S/C24H24BrClN6O2/c1-34-21-11-5-4-10-19(21)31-24(33)28-13-7-6-12-27-22-14-20(16-8-2-3-9-18(16)26)30-23-17(25)15-29-32(22)23/h2-5,8-11,14-15,27H,6-7,12-13H2,1H3,(H2,28,31,33). The van der Waals surface area contributed by atoms with Gasteiger partial charge in [0.1, 0.15) is 11.6 Å². The number of ether oxygens (including phenoxy) is 1. The van der Waals surface area contributed by atoms with Gasteiger partial charge in [-0.25, -0.2) is 9.78 Å². The van der Waals surface area contributed by atoms with Crippen LogP contribution in [-0.4, -0.2) is 40.8 Å². The van der Waals surface area contributed by atoms with Crippen molar-refractivity contribution in [1.29, 1.82) is 0 Å². The fraction of sp³-hybridized carbons (Fsp3) is 0.208. The second kappa shape index (κ2) is 11.2. The van der Waals surface area contributed by atoms with Crippen molar-refractivity contribution in [3.05, 3.63) is 70.3 Å². The Kier molecular flexibility index (Phi) is 7.87. The average molecular weight is 544 g/mol. The Balaban J connectivity index is 1.32. The number of unbranched alkanes of at least 4 members (excludes halogenated alkanes) is 1. The first kappa shape index (κ1) is 23.8. The molecule has 176 valence electrons. The first-order valence-corrected chi connectivity index (χ1v) is 11.9. The van der Waals surface area contributed by atoms with E-state index in [1.807, 2.05) is 42.5 Å². The van der Waals surface area contributed by atoms with E-state index in [4.69, 9.17) is 21.3 Å². The lowest BCUT2D eigenvalue weighted by Gasteiger charge is -2.12. The molecule has 0 aliphatic carbocycles. The number of halogens is 2. The summed E-state index contributed by atoms with van der Waals surface area (Å²) in [5.74, 6) is 1.43. The highest BCUT2D eigenvalue weighted by molar-refractivity contribution is 9.10. The summed E-state index contributed by atoms with van der Waals surface area (Å²) >= 11 is 9.90. The van der Waals surface area contributed by atoms with Gasteiger partial charge in [-0.1, -0.05) is 41.9 Å². The van der Waals surface area contributed by atoms with Gasteiger partial charge in [-0.15, -0.1) is 0 Å². The number of carbonyl (C=O) groups excluding carboxylic acids is 1. The van der Waals surface area contributed by atoms with Gasteiger partial charge in [-0.2, -0.15) is 9.61 Å². The average Bonchev–Trinajstić information content (AvgIpc) is 3.22. The summed E-state index contributed by atoms with van der Waals surface area (Å²) in [6.45, 7) is 1.25. The Morgan fingerprint density at radius 2 is 1.88 bits per heavy atom. The number of hydrogen-bond donors (Lipinski definition) is 3. The van der Waals surface area contributed by atoms with E-state index in [0.717, 1.165) is 34.4 Å². The summed E-state index contributed by atoms with van der Waals surface area (Å²) in [6, 6.07) is 16.6. The monoisotopic (exact) mass is 542 g/mol. The third-order valence-electron chi connectivity index (χ3n) is 5.13. The molecule has 4 rings (SSSR count). The van der Waals surface area contributed by atoms with E-state index in [9.17, 15) is 4.79 Å². The smallest absolute Gasteiger partial charge is 0.319 e. The maximum Gasteiger partial charge on any atom is 0.319 e. The van der Waals surface area contributed by atoms with Crippen LogP contribution in [0.1, 0.15) is 12.8 Å². The number of amides is 2. The highest BCUT2D eigenvalue weighted by Gasteiger charge is 2.13. The zero-order valence-electron chi connectivity index (χ0n) is 18.5. The van der Waals surface area contributed by atoms with Gasteiger partial charge in [0.15, 0.2) is 5.65 Å². The summed E-state index contributed by atoms with van der Waals surface area (Å²) in [7, 11) is 1.57. The molecule has 4 aromatic rings. The van der Waals surface area contributed by atoms with Gasteiger partial charge in [0.05, 0.1) is 29.2 Å². The fourth-order valence-electron chi connectivity index (χ4n) is 3.45. The van der Waals surface area contributed by atoms with Crippen LogP contribution in [0.5, 0.6) is 5.75 Å². The quantitative estimate of drug-likeness (QED) is 0.231. The number of carbonyl (C=O) groups is 1. The number of aromatic nitrogens is 3. The molecule has 34 heavy (non-hydrogen) atoms. The predicted molar refractivity (Wildman–Crippen MR) is 139 cm³/mol. The number of anilines is 2. The van der Waals surface area contributed by atoms with E-state index in [1.165, 1.54) is 0 Å². The first-order valence-electron chi connectivity index (χ1n) is 10.8. The molecule has 0 unspecified atom stereocenters. The fourth-order valence-corrected chi connectivity index (χ4v) is 4.03. The first-order chi connectivity index (χ1) is 16.6. The summed E-state index contributed by atoms with van der Waals surface area (Å²) in [6.07, 6.45) is 3.37. The molecule has 0 saturated carbocycles. The van der Waals surface area contributed by atoms with Crippen molar-refractivity contribution in [3.8, 4) is 17.0 Å². The molecule has 3 N–H and O–H groups in total. The number of hydrogen-bond acceptors (Lipinski definition) is 5. The molecule has 0 radical (unpaired) electrons. The number of rotatable bonds is 9. The molecular formula is C24H24BrClN6O2. The van der Waals surface area contributed by atoms with Gasteiger partial charge >= 0.3 is 6.03 Å². The van der Waals surface area contributed by atoms with E-state index in [0.29, 0.717) is 35.2 Å². The lowest BCUT2D eigenvalue weighted by Crippen LogP contribution is -2.29. The SMILES string of the molecule is COc1ccccc1NC(=O)NCCCCNc1cc(-c2ccccc2Cl)nc2c(Br)cnn12. The van der Waals surface area contributed by atoms with Crippen LogP contribution in [0.2, 0.25) is 5.02 Å². The zero-order chi connectivity index (χ0) is 23.9. The molecule has 0 aliphatic rings. The third-order valence-corrected chi connectivity index (χ3v) is 6.02. The molecular weight excluding hydrogens is 520 g/mol. The van der Waals surface area contributed by atoms with E-state index in [2.05, 4.69) is 37.0 Å². The van der Waals surface area contributed by atoms with Crippen molar-refractivity contribution < 1.29 is 9.53 Å². The van der Waals surface area contributed by atoms with E-state index in [-0.39, 0.29) is 6.03 Å². The van der Waals surface area contributed by atoms with Crippen molar-refractivity contribution in [2.45, 2.75) is 12.8 Å². The van der Waals surface area contributed by atoms with Crippen LogP contribution in [0.4, 0.5) is 16.3 Å². The minimum absolute atomic E-state index is 0.265. The van der Waals surface area contributed by atoms with E-state index < -0.39 is 0 Å². The Bertz CT molecular complexity index is 1300. The molecule has 2 aromatic heterocycles. The van der Waals surface area contributed by atoms with Crippen LogP contribution in [-0.2, 0) is 0 Å². The number of nitrogens with one attached hydrogen (secondary N) is 3. The van der Waals surface area contributed by atoms with Gasteiger partial charge in [0, 0.05) is 29.7 Å². The van der Waals surface area contributed by atoms with Crippen molar-refractivity contribution >= 4 is 50.7 Å². The van der Waals surface area contributed by atoms with Gasteiger partial charge in [0.25, 0.3) is 0 Å². The molecule has 2 amide bonds. The molecule has 0 atom stereocenters. The largest absolute Gasteiger partial charge is 0.495 e.